The van der Waals surface area contributed by atoms with Crippen molar-refractivity contribution in [3.05, 3.63) is 59.2 Å². The van der Waals surface area contributed by atoms with E-state index in [0.29, 0.717) is 18.2 Å². The van der Waals surface area contributed by atoms with Gasteiger partial charge < -0.3 is 14.8 Å². The third-order valence-corrected chi connectivity index (χ3v) is 7.91. The van der Waals surface area contributed by atoms with E-state index in [9.17, 15) is 4.79 Å². The smallest absolute Gasteiger partial charge is 0.231 e. The predicted octanol–water partition coefficient (Wildman–Crippen LogP) is 5.09. The summed E-state index contributed by atoms with van der Waals surface area (Å²) in [5, 5.41) is 11.4. The van der Waals surface area contributed by atoms with Gasteiger partial charge in [-0.3, -0.25) is 4.79 Å². The number of fused-ring (bicyclic) bond motifs is 1. The van der Waals surface area contributed by atoms with Crippen molar-refractivity contribution in [2.24, 2.45) is 0 Å². The van der Waals surface area contributed by atoms with Crippen LogP contribution in [0.2, 0.25) is 0 Å². The van der Waals surface area contributed by atoms with Crippen molar-refractivity contribution >= 4 is 40.8 Å². The Morgan fingerprint density at radius 1 is 1.03 bits per heavy atom. The molecule has 0 bridgehead atoms. The first kappa shape index (κ1) is 22.0. The van der Waals surface area contributed by atoms with Crippen molar-refractivity contribution in [2.45, 2.75) is 40.7 Å². The number of hydrogen-bond acceptors (Lipinski definition) is 8. The highest BCUT2D eigenvalue weighted by molar-refractivity contribution is 8.03. The van der Waals surface area contributed by atoms with Gasteiger partial charge in [0.2, 0.25) is 12.7 Å². The van der Waals surface area contributed by atoms with E-state index < -0.39 is 0 Å². The first-order valence-electron chi connectivity index (χ1n) is 9.90. The van der Waals surface area contributed by atoms with E-state index in [1.165, 1.54) is 34.2 Å². The molecule has 1 N–H and O–H groups in total. The van der Waals surface area contributed by atoms with Crippen LogP contribution >= 0.6 is 34.9 Å². The molecule has 0 unspecified atom stereocenters. The van der Waals surface area contributed by atoms with Crippen molar-refractivity contribution in [1.29, 1.82) is 0 Å². The van der Waals surface area contributed by atoms with E-state index >= 15 is 0 Å². The van der Waals surface area contributed by atoms with Crippen LogP contribution in [-0.4, -0.2) is 28.7 Å². The van der Waals surface area contributed by atoms with Crippen LogP contribution in [0.1, 0.15) is 36.5 Å². The highest BCUT2D eigenvalue weighted by atomic mass is 32.2. The van der Waals surface area contributed by atoms with Crippen LogP contribution in [0.5, 0.6) is 11.5 Å². The third kappa shape index (κ3) is 6.15. The van der Waals surface area contributed by atoms with Crippen molar-refractivity contribution in [1.82, 2.24) is 15.5 Å². The highest BCUT2D eigenvalue weighted by Crippen LogP contribution is 2.33. The molecule has 2 heterocycles. The van der Waals surface area contributed by atoms with Crippen molar-refractivity contribution in [3.63, 3.8) is 0 Å². The molecular formula is C22H23N3O3S3. The fraction of sp³-hybridized carbons (Fsp3) is 0.318. The standard InChI is InChI=1S/C22H23N3O3S3/c1-14(2)17-6-3-15(4-7-17)11-29-21-24-25-22(31-21)30-12-20(26)23-10-16-5-8-18-19(9-16)28-13-27-18/h3-9,14H,10-13H2,1-2H3,(H,23,26). The molecule has 1 aliphatic rings. The zero-order valence-electron chi connectivity index (χ0n) is 17.3. The number of aromatic nitrogens is 2. The summed E-state index contributed by atoms with van der Waals surface area (Å²) in [5.74, 6) is 3.11. The Morgan fingerprint density at radius 2 is 1.74 bits per heavy atom. The molecule has 1 aromatic heterocycles. The number of amides is 1. The SMILES string of the molecule is CC(C)c1ccc(CSc2nnc(SCC(=O)NCc3ccc4c(c3)OCO4)s2)cc1. The van der Waals surface area contributed by atoms with Gasteiger partial charge >= 0.3 is 0 Å². The molecule has 6 nitrogen and oxygen atoms in total. The number of ether oxygens (including phenoxy) is 2. The molecule has 162 valence electrons. The summed E-state index contributed by atoms with van der Waals surface area (Å²) < 4.78 is 12.4. The molecule has 0 saturated carbocycles. The highest BCUT2D eigenvalue weighted by Gasteiger charge is 2.14. The summed E-state index contributed by atoms with van der Waals surface area (Å²) in [6, 6.07) is 14.4. The largest absolute Gasteiger partial charge is 0.454 e. The Morgan fingerprint density at radius 3 is 2.52 bits per heavy atom. The molecule has 31 heavy (non-hydrogen) atoms. The van der Waals surface area contributed by atoms with Crippen LogP contribution in [0.25, 0.3) is 0 Å². The molecule has 2 aromatic carbocycles. The molecule has 0 aliphatic carbocycles. The maximum Gasteiger partial charge on any atom is 0.231 e. The van der Waals surface area contributed by atoms with Crippen LogP contribution < -0.4 is 14.8 Å². The Hall–Kier alpha value is -2.23. The summed E-state index contributed by atoms with van der Waals surface area (Å²) in [6.07, 6.45) is 0. The molecular weight excluding hydrogens is 450 g/mol. The summed E-state index contributed by atoms with van der Waals surface area (Å²) in [4.78, 5) is 12.2. The van der Waals surface area contributed by atoms with Gasteiger partial charge in [0.1, 0.15) is 0 Å². The lowest BCUT2D eigenvalue weighted by Crippen LogP contribution is -2.24. The number of nitrogens with zero attached hydrogens (tertiary/aromatic N) is 2. The van der Waals surface area contributed by atoms with Crippen LogP contribution in [0.3, 0.4) is 0 Å². The average Bonchev–Trinajstić information content (AvgIpc) is 3.44. The number of carbonyl (C=O) groups is 1. The van der Waals surface area contributed by atoms with E-state index in [2.05, 4.69) is 53.6 Å². The Kier molecular flexibility index (Phi) is 7.37. The van der Waals surface area contributed by atoms with Crippen molar-refractivity contribution < 1.29 is 14.3 Å². The molecule has 0 fully saturated rings. The molecule has 1 amide bonds. The van der Waals surface area contributed by atoms with Crippen LogP contribution in [0.4, 0.5) is 0 Å². The van der Waals surface area contributed by atoms with Gasteiger partial charge in [0.05, 0.1) is 5.75 Å². The quantitative estimate of drug-likeness (QED) is 0.434. The normalized spacial score (nSPS) is 12.4. The van der Waals surface area contributed by atoms with Crippen molar-refractivity contribution in [2.75, 3.05) is 12.5 Å². The first-order valence-corrected chi connectivity index (χ1v) is 12.7. The minimum Gasteiger partial charge on any atom is -0.454 e. The van der Waals surface area contributed by atoms with Gasteiger partial charge in [-0.25, -0.2) is 0 Å². The van der Waals surface area contributed by atoms with E-state index in [-0.39, 0.29) is 12.7 Å². The number of carbonyl (C=O) groups excluding carboxylic acids is 1. The van der Waals surface area contributed by atoms with Gasteiger partial charge in [0.15, 0.2) is 20.2 Å². The molecule has 0 saturated heterocycles. The topological polar surface area (TPSA) is 73.3 Å². The second-order valence-corrected chi connectivity index (χ2v) is 10.7. The molecule has 3 aromatic rings. The zero-order valence-corrected chi connectivity index (χ0v) is 19.7. The maximum atomic E-state index is 12.2. The summed E-state index contributed by atoms with van der Waals surface area (Å²) >= 11 is 4.60. The van der Waals surface area contributed by atoms with Crippen LogP contribution in [0, 0.1) is 0 Å². The minimum absolute atomic E-state index is 0.0442. The van der Waals surface area contributed by atoms with Crippen LogP contribution in [0.15, 0.2) is 51.1 Å². The van der Waals surface area contributed by atoms with Crippen molar-refractivity contribution in [3.8, 4) is 11.5 Å². The lowest BCUT2D eigenvalue weighted by Gasteiger charge is -2.06. The molecule has 9 heteroatoms. The number of nitrogens with one attached hydrogen (secondary N) is 1. The van der Waals surface area contributed by atoms with Gasteiger partial charge in [-0.2, -0.15) is 0 Å². The second kappa shape index (κ2) is 10.4. The Balaban J connectivity index is 1.19. The lowest BCUT2D eigenvalue weighted by atomic mass is 10.0. The molecule has 1 aliphatic heterocycles. The molecule has 0 spiro atoms. The van der Waals surface area contributed by atoms with E-state index in [0.717, 1.165) is 31.5 Å². The number of hydrogen-bond donors (Lipinski definition) is 1. The zero-order chi connectivity index (χ0) is 21.6. The molecule has 0 atom stereocenters. The van der Waals surface area contributed by atoms with E-state index in [1.807, 2.05) is 18.2 Å². The summed E-state index contributed by atoms with van der Waals surface area (Å²) in [6.45, 7) is 5.08. The first-order chi connectivity index (χ1) is 15.1. The Labute approximate surface area is 194 Å². The van der Waals surface area contributed by atoms with Gasteiger partial charge in [-0.15, -0.1) is 10.2 Å². The second-order valence-electron chi connectivity index (χ2n) is 7.27. The predicted molar refractivity (Wildman–Crippen MR) is 125 cm³/mol. The van der Waals surface area contributed by atoms with E-state index in [4.69, 9.17) is 9.47 Å². The fourth-order valence-corrected chi connectivity index (χ4v) is 5.69. The van der Waals surface area contributed by atoms with Gasteiger partial charge in [-0.05, 0) is 34.7 Å². The van der Waals surface area contributed by atoms with Gasteiger partial charge in [-0.1, -0.05) is 79.0 Å². The van der Waals surface area contributed by atoms with Gasteiger partial charge in [0, 0.05) is 12.3 Å². The number of rotatable bonds is 9. The Bertz CT molecular complexity index is 1040. The number of thioether (sulfide) groups is 2. The maximum absolute atomic E-state index is 12.2. The van der Waals surface area contributed by atoms with Gasteiger partial charge in [0.25, 0.3) is 0 Å². The number of benzene rings is 2. The molecule has 0 radical (unpaired) electrons. The monoisotopic (exact) mass is 473 g/mol. The average molecular weight is 474 g/mol. The fourth-order valence-electron chi connectivity index (χ4n) is 2.89. The van der Waals surface area contributed by atoms with Crippen LogP contribution in [-0.2, 0) is 17.1 Å². The lowest BCUT2D eigenvalue weighted by molar-refractivity contribution is -0.118. The summed E-state index contributed by atoms with van der Waals surface area (Å²) in [5.41, 5.74) is 3.58. The minimum atomic E-state index is -0.0442. The third-order valence-electron chi connectivity index (χ3n) is 4.65. The van der Waals surface area contributed by atoms with E-state index in [1.54, 1.807) is 11.8 Å². The molecule has 4 rings (SSSR count). The summed E-state index contributed by atoms with van der Waals surface area (Å²) in [7, 11) is 0.